The van der Waals surface area contributed by atoms with E-state index in [-0.39, 0.29) is 6.61 Å². The van der Waals surface area contributed by atoms with Gasteiger partial charge in [-0.1, -0.05) is 6.92 Å². The van der Waals surface area contributed by atoms with Gasteiger partial charge in [-0.25, -0.2) is 9.78 Å². The highest BCUT2D eigenvalue weighted by molar-refractivity contribution is 5.97. The second kappa shape index (κ2) is 7.58. The van der Waals surface area contributed by atoms with Gasteiger partial charge in [-0.05, 0) is 19.4 Å². The number of aliphatic hydroxyl groups is 1. The molecule has 0 spiro atoms. The zero-order chi connectivity index (χ0) is 14.3. The normalized spacial score (nSPS) is 10.3. The molecule has 1 rings (SSSR count). The number of hydrogen-bond acceptors (Lipinski definition) is 6. The smallest absolute Gasteiger partial charge is 0.340 e. The van der Waals surface area contributed by atoms with Crippen molar-refractivity contribution in [1.82, 2.24) is 4.98 Å². The van der Waals surface area contributed by atoms with E-state index < -0.39 is 5.97 Å². The molecular formula is C13H21N3O3. The summed E-state index contributed by atoms with van der Waals surface area (Å²) in [6.07, 6.45) is 2.42. The van der Waals surface area contributed by atoms with Gasteiger partial charge in [0.2, 0.25) is 0 Å². The van der Waals surface area contributed by atoms with Crippen molar-refractivity contribution in [2.45, 2.75) is 20.3 Å². The molecule has 0 bridgehead atoms. The molecule has 0 unspecified atom stereocenters. The van der Waals surface area contributed by atoms with Crippen molar-refractivity contribution in [1.29, 1.82) is 0 Å². The number of carbonyl (C=O) groups excluding carboxylic acids is 1. The third kappa shape index (κ3) is 3.82. The lowest BCUT2D eigenvalue weighted by molar-refractivity contribution is 0.0527. The Morgan fingerprint density at radius 3 is 2.79 bits per heavy atom. The third-order valence-corrected chi connectivity index (χ3v) is 2.63. The Morgan fingerprint density at radius 1 is 1.47 bits per heavy atom. The predicted octanol–water partition coefficient (Wildman–Crippen LogP) is 1.05. The summed E-state index contributed by atoms with van der Waals surface area (Å²) >= 11 is 0. The number of pyridine rings is 1. The molecule has 0 atom stereocenters. The Hall–Kier alpha value is -1.82. The van der Waals surface area contributed by atoms with Crippen molar-refractivity contribution in [2.24, 2.45) is 0 Å². The summed E-state index contributed by atoms with van der Waals surface area (Å²) in [5.74, 6) is 0.0607. The molecule has 0 saturated carbocycles. The maximum Gasteiger partial charge on any atom is 0.340 e. The topological polar surface area (TPSA) is 88.7 Å². The molecule has 106 valence electrons. The Kier molecular flexibility index (Phi) is 6.08. The third-order valence-electron chi connectivity index (χ3n) is 2.63. The highest BCUT2D eigenvalue weighted by Crippen LogP contribution is 2.24. The number of esters is 1. The van der Waals surface area contributed by atoms with E-state index in [1.807, 2.05) is 11.8 Å². The second-order valence-electron chi connectivity index (χ2n) is 4.03. The monoisotopic (exact) mass is 267 g/mol. The molecule has 1 aromatic heterocycles. The molecule has 0 saturated heterocycles. The number of aliphatic hydroxyl groups excluding tert-OH is 1. The summed E-state index contributed by atoms with van der Waals surface area (Å²) in [6, 6.07) is 1.54. The largest absolute Gasteiger partial charge is 0.462 e. The lowest BCUT2D eigenvalue weighted by Gasteiger charge is -2.24. The Labute approximate surface area is 113 Å². The molecule has 0 radical (unpaired) electrons. The Balaban J connectivity index is 3.07. The van der Waals surface area contributed by atoms with Crippen LogP contribution in [0, 0.1) is 0 Å². The number of nitrogen functional groups attached to an aromatic ring is 1. The molecule has 0 aromatic carbocycles. The highest BCUT2D eigenvalue weighted by atomic mass is 16.5. The van der Waals surface area contributed by atoms with Crippen molar-refractivity contribution in [3.63, 3.8) is 0 Å². The summed E-state index contributed by atoms with van der Waals surface area (Å²) in [7, 11) is 0. The van der Waals surface area contributed by atoms with Crippen molar-refractivity contribution in [3.8, 4) is 0 Å². The number of carbonyl (C=O) groups is 1. The van der Waals surface area contributed by atoms with Crippen LogP contribution < -0.4 is 10.6 Å². The van der Waals surface area contributed by atoms with E-state index in [4.69, 9.17) is 15.6 Å². The minimum Gasteiger partial charge on any atom is -0.462 e. The van der Waals surface area contributed by atoms with Crippen LogP contribution in [0.3, 0.4) is 0 Å². The summed E-state index contributed by atoms with van der Waals surface area (Å²) < 4.78 is 4.95. The zero-order valence-corrected chi connectivity index (χ0v) is 11.4. The SMILES string of the molecule is CCCN(CCO)c1nccc(C(=O)OCC)c1N. The van der Waals surface area contributed by atoms with Crippen LogP contribution in [0.15, 0.2) is 12.3 Å². The van der Waals surface area contributed by atoms with Crippen molar-refractivity contribution in [2.75, 3.05) is 36.9 Å². The minimum atomic E-state index is -0.455. The minimum absolute atomic E-state index is 0.00472. The van der Waals surface area contributed by atoms with Crippen LogP contribution in [-0.4, -0.2) is 42.4 Å². The van der Waals surface area contributed by atoms with E-state index in [1.54, 1.807) is 13.0 Å². The van der Waals surface area contributed by atoms with Crippen LogP contribution in [0.25, 0.3) is 0 Å². The van der Waals surface area contributed by atoms with Crippen LogP contribution >= 0.6 is 0 Å². The van der Waals surface area contributed by atoms with Crippen LogP contribution in [-0.2, 0) is 4.74 Å². The number of nitrogens with two attached hydrogens (primary N) is 1. The molecule has 0 amide bonds. The molecule has 0 aliphatic heterocycles. The molecule has 1 aromatic rings. The molecule has 19 heavy (non-hydrogen) atoms. The van der Waals surface area contributed by atoms with Crippen LogP contribution in [0.5, 0.6) is 0 Å². The number of nitrogens with zero attached hydrogens (tertiary/aromatic N) is 2. The highest BCUT2D eigenvalue weighted by Gasteiger charge is 2.18. The van der Waals surface area contributed by atoms with E-state index in [1.165, 1.54) is 6.20 Å². The number of rotatable bonds is 7. The van der Waals surface area contributed by atoms with Gasteiger partial charge in [0.15, 0.2) is 5.82 Å². The van der Waals surface area contributed by atoms with Gasteiger partial charge in [-0.2, -0.15) is 0 Å². The van der Waals surface area contributed by atoms with Gasteiger partial charge < -0.3 is 20.5 Å². The Morgan fingerprint density at radius 2 is 2.21 bits per heavy atom. The summed E-state index contributed by atoms with van der Waals surface area (Å²) in [4.78, 5) is 17.8. The first-order chi connectivity index (χ1) is 9.15. The number of hydrogen-bond donors (Lipinski definition) is 2. The number of anilines is 2. The van der Waals surface area contributed by atoms with Gasteiger partial charge >= 0.3 is 5.97 Å². The number of ether oxygens (including phenoxy) is 1. The quantitative estimate of drug-likeness (QED) is 0.718. The van der Waals surface area contributed by atoms with E-state index in [0.717, 1.165) is 6.42 Å². The molecule has 0 aliphatic rings. The fourth-order valence-corrected chi connectivity index (χ4v) is 1.82. The first-order valence-electron chi connectivity index (χ1n) is 6.43. The van der Waals surface area contributed by atoms with E-state index in [9.17, 15) is 4.79 Å². The molecule has 1 heterocycles. The average molecular weight is 267 g/mol. The predicted molar refractivity (Wildman–Crippen MR) is 74.2 cm³/mol. The van der Waals surface area contributed by atoms with Gasteiger partial charge in [0.25, 0.3) is 0 Å². The zero-order valence-electron chi connectivity index (χ0n) is 11.4. The van der Waals surface area contributed by atoms with E-state index in [2.05, 4.69) is 4.98 Å². The van der Waals surface area contributed by atoms with E-state index >= 15 is 0 Å². The average Bonchev–Trinajstić information content (AvgIpc) is 2.39. The van der Waals surface area contributed by atoms with Gasteiger partial charge in [-0.3, -0.25) is 0 Å². The van der Waals surface area contributed by atoms with Crippen molar-refractivity contribution >= 4 is 17.5 Å². The van der Waals surface area contributed by atoms with Crippen LogP contribution in [0.4, 0.5) is 11.5 Å². The summed E-state index contributed by atoms with van der Waals surface area (Å²) in [5, 5.41) is 9.08. The first-order valence-corrected chi connectivity index (χ1v) is 6.43. The van der Waals surface area contributed by atoms with Crippen molar-refractivity contribution < 1.29 is 14.6 Å². The molecule has 6 heteroatoms. The second-order valence-corrected chi connectivity index (χ2v) is 4.03. The van der Waals surface area contributed by atoms with Crippen molar-refractivity contribution in [3.05, 3.63) is 17.8 Å². The maximum absolute atomic E-state index is 11.8. The summed E-state index contributed by atoms with van der Waals surface area (Å²) in [6.45, 7) is 5.21. The Bertz CT molecular complexity index is 418. The lowest BCUT2D eigenvalue weighted by atomic mass is 10.2. The van der Waals surface area contributed by atoms with Gasteiger partial charge in [0, 0.05) is 19.3 Å². The molecule has 0 fully saturated rings. The van der Waals surface area contributed by atoms with E-state index in [0.29, 0.717) is 36.8 Å². The van der Waals surface area contributed by atoms with Gasteiger partial charge in [-0.15, -0.1) is 0 Å². The molecule has 6 nitrogen and oxygen atoms in total. The van der Waals surface area contributed by atoms with Crippen LogP contribution in [0.1, 0.15) is 30.6 Å². The van der Waals surface area contributed by atoms with Gasteiger partial charge in [0.05, 0.1) is 24.5 Å². The molecule has 0 aliphatic carbocycles. The molecular weight excluding hydrogens is 246 g/mol. The van der Waals surface area contributed by atoms with Crippen LogP contribution in [0.2, 0.25) is 0 Å². The van der Waals surface area contributed by atoms with Gasteiger partial charge in [0.1, 0.15) is 0 Å². The maximum atomic E-state index is 11.8. The molecule has 3 N–H and O–H groups in total. The standard InChI is InChI=1S/C13H21N3O3/c1-3-7-16(8-9-17)12-11(14)10(5-6-15-12)13(18)19-4-2/h5-6,17H,3-4,7-9,14H2,1-2H3. The fraction of sp³-hybridized carbons (Fsp3) is 0.538. The first kappa shape index (κ1) is 15.2. The fourth-order valence-electron chi connectivity index (χ4n) is 1.82. The lowest BCUT2D eigenvalue weighted by Crippen LogP contribution is -2.29. The number of aromatic nitrogens is 1. The summed E-state index contributed by atoms with van der Waals surface area (Å²) in [5.41, 5.74) is 6.59.